The van der Waals surface area contributed by atoms with Crippen LogP contribution in [0, 0.1) is 0 Å². The van der Waals surface area contributed by atoms with E-state index in [1.165, 1.54) is 99.2 Å². The molecule has 1 saturated heterocycles. The molecule has 0 bridgehead atoms. The number of pyridine rings is 3. The number of aromatic nitrogens is 35. The Morgan fingerprint density at radius 2 is 0.561 bits per heavy atom. The van der Waals surface area contributed by atoms with Gasteiger partial charge in [-0.3, -0.25) is 9.97 Å². The molecular formula is C79H114N36O8. The molecule has 0 spiro atoms. The van der Waals surface area contributed by atoms with Crippen LogP contribution in [0.15, 0.2) is 191 Å². The van der Waals surface area contributed by atoms with Gasteiger partial charge in [-0.25, -0.2) is 43.3 Å². The summed E-state index contributed by atoms with van der Waals surface area (Å²) in [6, 6.07) is 22.3. The normalized spacial score (nSPS) is 13.8. The first-order chi connectivity index (χ1) is 60.0. The van der Waals surface area contributed by atoms with Gasteiger partial charge in [-0.05, 0) is 233 Å². The summed E-state index contributed by atoms with van der Waals surface area (Å²) in [7, 11) is 2.01. The summed E-state index contributed by atoms with van der Waals surface area (Å²) in [6.45, 7) is 32.3. The minimum atomic E-state index is -0.341. The number of rotatable bonds is 16. The first kappa shape index (κ1) is 99.1. The lowest BCUT2D eigenvalue weighted by Gasteiger charge is -2.34. The van der Waals surface area contributed by atoms with Crippen LogP contribution in [-0.4, -0.2) is 198 Å². The third-order valence-corrected chi connectivity index (χ3v) is 16.8. The van der Waals surface area contributed by atoms with Crippen molar-refractivity contribution in [3.8, 4) is 22.9 Å². The number of hydrogen-bond acceptors (Lipinski definition) is 28. The van der Waals surface area contributed by atoms with Crippen molar-refractivity contribution in [3.05, 3.63) is 236 Å². The highest BCUT2D eigenvalue weighted by Gasteiger charge is 2.29. The Kier molecular flexibility index (Phi) is 44.0. The average Bonchev–Trinajstić information content (AvgIpc) is 1.61. The van der Waals surface area contributed by atoms with Crippen molar-refractivity contribution in [1.82, 2.24) is 178 Å². The number of para-hydroxylation sites is 1. The van der Waals surface area contributed by atoms with Crippen LogP contribution in [0.3, 0.4) is 0 Å². The molecule has 0 amide bonds. The van der Waals surface area contributed by atoms with Gasteiger partial charge >= 0.3 is 45.5 Å². The van der Waals surface area contributed by atoms with Crippen molar-refractivity contribution in [2.45, 2.75) is 206 Å². The Morgan fingerprint density at radius 3 is 0.886 bits per heavy atom. The van der Waals surface area contributed by atoms with Crippen molar-refractivity contribution >= 4 is 49.6 Å². The molecule has 123 heavy (non-hydrogen) atoms. The number of likely N-dealkylation sites (N-methyl/N-ethyl adjacent to an activating group) is 1. The molecule has 0 N–H and O–H groups in total. The van der Waals surface area contributed by atoms with E-state index in [1.54, 1.807) is 198 Å². The zero-order valence-corrected chi connectivity index (χ0v) is 72.9. The second-order valence-electron chi connectivity index (χ2n) is 25.2. The van der Waals surface area contributed by atoms with Crippen LogP contribution >= 0.6 is 0 Å². The Hall–Kier alpha value is -14.5. The largest absolute Gasteiger partial charge is 0.374 e. The summed E-state index contributed by atoms with van der Waals surface area (Å²) in [4.78, 5) is 107. The average molecular weight is 1700 g/mol. The smallest absolute Gasteiger partial charge is 0.302 e. The van der Waals surface area contributed by atoms with Gasteiger partial charge in [0.1, 0.15) is 0 Å². The van der Waals surface area contributed by atoms with Gasteiger partial charge in [0.05, 0.1) is 47.4 Å². The maximum Gasteiger partial charge on any atom is 0.374 e. The van der Waals surface area contributed by atoms with Crippen molar-refractivity contribution in [3.63, 3.8) is 0 Å². The van der Waals surface area contributed by atoms with E-state index < -0.39 is 0 Å². The lowest BCUT2D eigenvalue weighted by Crippen LogP contribution is -2.48. The third-order valence-electron chi connectivity index (χ3n) is 16.8. The minimum absolute atomic E-state index is 0.125. The lowest BCUT2D eigenvalue weighted by molar-refractivity contribution is 0.126. The van der Waals surface area contributed by atoms with Crippen LogP contribution in [0.5, 0.6) is 0 Å². The molecule has 0 unspecified atom stereocenters. The molecule has 1 aromatic carbocycles. The number of hydrogen-bond donors (Lipinski definition) is 0. The van der Waals surface area contributed by atoms with Crippen molar-refractivity contribution in [2.75, 3.05) is 20.1 Å². The maximum absolute atomic E-state index is 11.8. The van der Waals surface area contributed by atoms with Gasteiger partial charge in [-0.15, -0.1) is 4.68 Å². The number of allylic oxidation sites excluding steroid dienone is 8. The molecule has 4 fully saturated rings. The van der Waals surface area contributed by atoms with Gasteiger partial charge in [0.15, 0.2) is 5.82 Å². The van der Waals surface area contributed by atoms with Crippen molar-refractivity contribution in [1.29, 1.82) is 0 Å². The minimum Gasteiger partial charge on any atom is -0.302 e. The van der Waals surface area contributed by atoms with E-state index in [0.29, 0.717) is 28.9 Å². The molecule has 44 nitrogen and oxygen atoms in total. The Labute approximate surface area is 709 Å². The Bertz CT molecular complexity index is 5350. The van der Waals surface area contributed by atoms with E-state index in [9.17, 15) is 38.4 Å². The molecule has 16 rings (SSSR count). The summed E-state index contributed by atoms with van der Waals surface area (Å²) in [6.07, 6.45) is 46.9. The molecule has 0 radical (unpaired) electrons. The molecule has 1 aliphatic heterocycles. The molecule has 4 aliphatic rings. The maximum atomic E-state index is 11.8. The quantitative estimate of drug-likeness (QED) is 0.0880. The first-order valence-electron chi connectivity index (χ1n) is 40.8. The fourth-order valence-electron chi connectivity index (χ4n) is 11.1. The molecule has 658 valence electrons. The van der Waals surface area contributed by atoms with Gasteiger partial charge in [-0.1, -0.05) is 160 Å². The predicted octanol–water partition coefficient (Wildman–Crippen LogP) is 8.13. The number of likely N-dealkylation sites (tertiary alicyclic amines) is 1. The topological polar surface area (TPSA) is 464 Å². The van der Waals surface area contributed by atoms with E-state index in [2.05, 4.69) is 103 Å². The van der Waals surface area contributed by atoms with Gasteiger partial charge in [-0.2, -0.15) is 70.2 Å². The van der Waals surface area contributed by atoms with Crippen LogP contribution in [0.1, 0.15) is 206 Å². The molecule has 3 aliphatic carbocycles. The zero-order valence-electron chi connectivity index (χ0n) is 72.9. The van der Waals surface area contributed by atoms with E-state index in [-0.39, 0.29) is 63.6 Å². The second kappa shape index (κ2) is 54.6. The molecule has 44 heteroatoms. The molecule has 0 atom stereocenters. The van der Waals surface area contributed by atoms with Crippen LogP contribution in [0.4, 0.5) is 0 Å². The van der Waals surface area contributed by atoms with Gasteiger partial charge in [0.2, 0.25) is 0 Å². The van der Waals surface area contributed by atoms with E-state index in [4.69, 9.17) is 0 Å². The monoisotopic (exact) mass is 1690 g/mol. The predicted molar refractivity (Wildman–Crippen MR) is 471 cm³/mol. The molecule has 3 saturated carbocycles. The first-order valence-corrected chi connectivity index (χ1v) is 40.8. The molecule has 12 aromatic rings. The summed E-state index contributed by atoms with van der Waals surface area (Å²) in [5.74, 6) is 0.457. The fourth-order valence-corrected chi connectivity index (χ4v) is 11.1. The molecular weight excluding hydrogens is 1580 g/mol. The van der Waals surface area contributed by atoms with E-state index in [1.807, 2.05) is 115 Å². The van der Waals surface area contributed by atoms with Crippen LogP contribution in [-0.2, 0) is 0 Å². The van der Waals surface area contributed by atoms with Gasteiger partial charge in [0, 0.05) is 87.5 Å². The van der Waals surface area contributed by atoms with Gasteiger partial charge in [0.25, 0.3) is 0 Å². The van der Waals surface area contributed by atoms with Crippen LogP contribution in [0.25, 0.3) is 72.5 Å². The van der Waals surface area contributed by atoms with Crippen molar-refractivity contribution < 1.29 is 0 Å². The van der Waals surface area contributed by atoms with Crippen LogP contribution in [0.2, 0.25) is 0 Å². The third kappa shape index (κ3) is 28.9. The van der Waals surface area contributed by atoms with Crippen LogP contribution < -0.4 is 45.5 Å². The Balaban J connectivity index is 0.000000247. The summed E-state index contributed by atoms with van der Waals surface area (Å²) in [5, 5.41) is 60.1. The molecule has 12 heterocycles. The Morgan fingerprint density at radius 1 is 0.268 bits per heavy atom. The zero-order chi connectivity index (χ0) is 90.0. The highest BCUT2D eigenvalue weighted by molar-refractivity contribution is 5.31. The fraction of sp³-hybridized carbons (Fsp3) is 0.430. The summed E-state index contributed by atoms with van der Waals surface area (Å²) < 4.78 is 20.4. The number of nitrogens with zero attached hydrogens (tertiary/aromatic N) is 36. The lowest BCUT2D eigenvalue weighted by atomic mass is 9.96. The summed E-state index contributed by atoms with van der Waals surface area (Å²) >= 11 is 0. The highest BCUT2D eigenvalue weighted by Crippen LogP contribution is 2.32. The molecule has 11 aromatic heterocycles. The standard InChI is InChI=1S/C10H16N4O.C10H10N4O.3C9H9N5O.C9H14N4O.C8H13N5O.C7H10N4O.4C2H6/c2*1-2-8-13-10(15)14(12-11-13)9-6-4-3-5-7-9;1-2-7-13-9(15)14(12-11-13)8-3-5-10-6-4-8;1-2-7-13-9(15)14(12-11-13)8-5-3-4-6-10-8;1-2-6-13-9(15)14(12-11-13)8-4-3-5-10-7-8;1-2-7-12-9(14)13(11-10-12)8-5-3-4-6-8;1-3-4-12-8(14)13(10-9-12)7-5-11(2)6-7;1-2-5-10-7(12)11(9-8-10)6-3-4-6;4*1-2/h2,8-9H,3-7H2,1H3;2-8H,1H3;3*2-7H,1H3;2,7-8H,3-6H2,1H3;3-4,7H,5-6H2,1-2H3;2,5-6H,3-4H2,1H3;4*1-2H3/b2*8-2+;2*7-2+;6-2+;7-2+;4-3+;5-2+;;;;. The SMILES string of the molecule is C/C=C/n1nnn(-c2ccccc2)c1=O.C/C=C/n1nnn(-c2ccccn2)c1=O.C/C=C/n1nnn(-c2cccnc2)c1=O.C/C=C/n1nnn(-c2ccncc2)c1=O.C/C=C/n1nnn(C2CC2)c1=O.C/C=C/n1nnn(C2CCCC2)c1=O.C/C=C/n1nnn(C2CCCCC2)c1=O.C/C=C/n1nnn(C2CN(C)C2)c1=O.CC.CC.CC.CC. The number of tetrazole rings is 8. The van der Waals surface area contributed by atoms with E-state index >= 15 is 0 Å². The van der Waals surface area contributed by atoms with E-state index in [0.717, 1.165) is 65.7 Å². The summed E-state index contributed by atoms with van der Waals surface area (Å²) in [5.41, 5.74) is 0.139. The van der Waals surface area contributed by atoms with Crippen molar-refractivity contribution in [2.24, 2.45) is 0 Å². The van der Waals surface area contributed by atoms with Gasteiger partial charge < -0.3 is 4.90 Å². The highest BCUT2D eigenvalue weighted by atomic mass is 16.2. The second-order valence-corrected chi connectivity index (χ2v) is 25.2. The number of benzene rings is 1.